The Morgan fingerprint density at radius 1 is 0.800 bits per heavy atom. The SMILES string of the molecule is CCCCCCCCCCC/C=C\CCCCCOC1CCN(C)C1. The molecule has 1 unspecified atom stereocenters. The third-order valence-electron chi connectivity index (χ3n) is 5.36. The third-order valence-corrected chi connectivity index (χ3v) is 5.36. The highest BCUT2D eigenvalue weighted by Crippen LogP contribution is 2.12. The number of hydrogen-bond donors (Lipinski definition) is 0. The molecule has 25 heavy (non-hydrogen) atoms. The van der Waals surface area contributed by atoms with Crippen LogP contribution in [0.15, 0.2) is 12.2 Å². The van der Waals surface area contributed by atoms with Gasteiger partial charge in [-0.3, -0.25) is 0 Å². The smallest absolute Gasteiger partial charge is 0.0714 e. The molecule has 148 valence electrons. The predicted octanol–water partition coefficient (Wildman–Crippen LogP) is 6.74. The molecule has 1 fully saturated rings. The van der Waals surface area contributed by atoms with Crippen molar-refractivity contribution in [2.24, 2.45) is 0 Å². The van der Waals surface area contributed by atoms with Gasteiger partial charge in [0.15, 0.2) is 0 Å². The molecule has 1 atom stereocenters. The van der Waals surface area contributed by atoms with E-state index in [1.165, 1.54) is 103 Å². The van der Waals surface area contributed by atoms with Crippen LogP contribution < -0.4 is 0 Å². The molecule has 0 N–H and O–H groups in total. The van der Waals surface area contributed by atoms with Gasteiger partial charge < -0.3 is 9.64 Å². The maximum Gasteiger partial charge on any atom is 0.0714 e. The molecule has 0 aromatic rings. The van der Waals surface area contributed by atoms with Gasteiger partial charge in [0.2, 0.25) is 0 Å². The second-order valence-electron chi connectivity index (χ2n) is 7.98. The molecule has 1 heterocycles. The van der Waals surface area contributed by atoms with E-state index < -0.39 is 0 Å². The summed E-state index contributed by atoms with van der Waals surface area (Å²) in [5.41, 5.74) is 0. The van der Waals surface area contributed by atoms with Crippen molar-refractivity contribution >= 4 is 0 Å². The zero-order valence-corrected chi connectivity index (χ0v) is 17.3. The topological polar surface area (TPSA) is 12.5 Å². The van der Waals surface area contributed by atoms with Gasteiger partial charge in [0.05, 0.1) is 6.10 Å². The van der Waals surface area contributed by atoms with E-state index in [1.54, 1.807) is 0 Å². The van der Waals surface area contributed by atoms with Crippen molar-refractivity contribution in [3.05, 3.63) is 12.2 Å². The molecular weight excluding hydrogens is 306 g/mol. The molecule has 0 spiro atoms. The maximum atomic E-state index is 5.93. The van der Waals surface area contributed by atoms with E-state index in [1.807, 2.05) is 0 Å². The summed E-state index contributed by atoms with van der Waals surface area (Å²) in [6.45, 7) is 5.58. The molecule has 2 heteroatoms. The third kappa shape index (κ3) is 14.5. The van der Waals surface area contributed by atoms with Gasteiger partial charge in [0, 0.05) is 19.7 Å². The first-order valence-electron chi connectivity index (χ1n) is 11.3. The van der Waals surface area contributed by atoms with Crippen LogP contribution in [0.25, 0.3) is 0 Å². The second-order valence-corrected chi connectivity index (χ2v) is 7.98. The lowest BCUT2D eigenvalue weighted by Crippen LogP contribution is -2.19. The van der Waals surface area contributed by atoms with Crippen molar-refractivity contribution in [1.82, 2.24) is 4.90 Å². The van der Waals surface area contributed by atoms with E-state index in [-0.39, 0.29) is 0 Å². The number of likely N-dealkylation sites (tertiary alicyclic amines) is 1. The van der Waals surface area contributed by atoms with E-state index in [0.717, 1.165) is 13.2 Å². The van der Waals surface area contributed by atoms with E-state index in [2.05, 4.69) is 31.0 Å². The van der Waals surface area contributed by atoms with Crippen LogP contribution in [0.2, 0.25) is 0 Å². The first-order valence-corrected chi connectivity index (χ1v) is 11.3. The fourth-order valence-corrected chi connectivity index (χ4v) is 3.63. The van der Waals surface area contributed by atoms with Gasteiger partial charge in [0.25, 0.3) is 0 Å². The summed E-state index contributed by atoms with van der Waals surface area (Å²) in [6, 6.07) is 0. The molecule has 0 aromatic heterocycles. The summed E-state index contributed by atoms with van der Waals surface area (Å²) in [5, 5.41) is 0. The van der Waals surface area contributed by atoms with Gasteiger partial charge >= 0.3 is 0 Å². The van der Waals surface area contributed by atoms with Gasteiger partial charge in [-0.15, -0.1) is 0 Å². The van der Waals surface area contributed by atoms with Crippen molar-refractivity contribution in [1.29, 1.82) is 0 Å². The summed E-state index contributed by atoms with van der Waals surface area (Å²) < 4.78 is 5.93. The van der Waals surface area contributed by atoms with Crippen molar-refractivity contribution in [2.75, 3.05) is 26.7 Å². The van der Waals surface area contributed by atoms with Gasteiger partial charge in [-0.05, 0) is 45.6 Å². The zero-order valence-electron chi connectivity index (χ0n) is 17.3. The largest absolute Gasteiger partial charge is 0.377 e. The summed E-state index contributed by atoms with van der Waals surface area (Å²) >= 11 is 0. The number of hydrogen-bond acceptors (Lipinski definition) is 2. The molecule has 1 saturated heterocycles. The van der Waals surface area contributed by atoms with Crippen LogP contribution in [0.3, 0.4) is 0 Å². The van der Waals surface area contributed by atoms with E-state index in [4.69, 9.17) is 4.74 Å². The van der Waals surface area contributed by atoms with Gasteiger partial charge in [0.1, 0.15) is 0 Å². The molecule has 0 aromatic carbocycles. The highest BCUT2D eigenvalue weighted by molar-refractivity contribution is 4.81. The first kappa shape index (κ1) is 22.7. The van der Waals surface area contributed by atoms with Gasteiger partial charge in [-0.25, -0.2) is 0 Å². The maximum absolute atomic E-state index is 5.93. The van der Waals surface area contributed by atoms with Crippen molar-refractivity contribution < 1.29 is 4.74 Å². The molecule has 0 amide bonds. The summed E-state index contributed by atoms with van der Waals surface area (Å²) in [6.07, 6.45) is 25.8. The molecule has 1 aliphatic heterocycles. The Morgan fingerprint density at radius 3 is 1.92 bits per heavy atom. The van der Waals surface area contributed by atoms with Crippen LogP contribution in [0.4, 0.5) is 0 Å². The molecular formula is C23H45NO. The molecule has 0 bridgehead atoms. The molecule has 2 nitrogen and oxygen atoms in total. The lowest BCUT2D eigenvalue weighted by Gasteiger charge is -2.11. The van der Waals surface area contributed by atoms with Crippen molar-refractivity contribution in [3.8, 4) is 0 Å². The van der Waals surface area contributed by atoms with Crippen LogP contribution in [-0.4, -0.2) is 37.7 Å². The van der Waals surface area contributed by atoms with E-state index >= 15 is 0 Å². The standard InChI is InChI=1S/C23H45NO/c1-3-4-5-6-7-8-9-10-11-12-13-14-15-16-17-18-21-25-23-19-20-24(2)22-23/h13-14,23H,3-12,15-22H2,1-2H3/b14-13-. The number of unbranched alkanes of at least 4 members (excludes halogenated alkanes) is 12. The number of likely N-dealkylation sites (N-methyl/N-ethyl adjacent to an activating group) is 1. The highest BCUT2D eigenvalue weighted by Gasteiger charge is 2.19. The Morgan fingerprint density at radius 2 is 1.36 bits per heavy atom. The average Bonchev–Trinajstić information content (AvgIpc) is 3.03. The molecule has 0 radical (unpaired) electrons. The zero-order chi connectivity index (χ0) is 18.0. The Hall–Kier alpha value is -0.340. The van der Waals surface area contributed by atoms with E-state index in [9.17, 15) is 0 Å². The Bertz CT molecular complexity index is 302. The minimum atomic E-state index is 0.501. The summed E-state index contributed by atoms with van der Waals surface area (Å²) in [7, 11) is 2.18. The second kappa shape index (κ2) is 17.1. The van der Waals surface area contributed by atoms with Crippen LogP contribution in [0, 0.1) is 0 Å². The lowest BCUT2D eigenvalue weighted by atomic mass is 10.1. The number of allylic oxidation sites excluding steroid dienone is 2. The molecule has 0 saturated carbocycles. The van der Waals surface area contributed by atoms with Crippen LogP contribution >= 0.6 is 0 Å². The van der Waals surface area contributed by atoms with E-state index in [0.29, 0.717) is 6.10 Å². The molecule has 1 aliphatic rings. The Balaban J connectivity index is 1.71. The monoisotopic (exact) mass is 351 g/mol. The van der Waals surface area contributed by atoms with Crippen molar-refractivity contribution in [3.63, 3.8) is 0 Å². The Kier molecular flexibility index (Phi) is 15.5. The quantitative estimate of drug-likeness (QED) is 0.212. The van der Waals surface area contributed by atoms with Gasteiger partial charge in [-0.1, -0.05) is 76.9 Å². The fourth-order valence-electron chi connectivity index (χ4n) is 3.63. The van der Waals surface area contributed by atoms with Crippen LogP contribution in [-0.2, 0) is 4.74 Å². The first-order chi connectivity index (χ1) is 12.3. The van der Waals surface area contributed by atoms with Gasteiger partial charge in [-0.2, -0.15) is 0 Å². The van der Waals surface area contributed by atoms with Crippen LogP contribution in [0.1, 0.15) is 103 Å². The van der Waals surface area contributed by atoms with Crippen LogP contribution in [0.5, 0.6) is 0 Å². The fraction of sp³-hybridized carbons (Fsp3) is 0.913. The molecule has 1 rings (SSSR count). The summed E-state index contributed by atoms with van der Waals surface area (Å²) in [5.74, 6) is 0. The highest BCUT2D eigenvalue weighted by atomic mass is 16.5. The molecule has 0 aliphatic carbocycles. The average molecular weight is 352 g/mol. The summed E-state index contributed by atoms with van der Waals surface area (Å²) in [4.78, 5) is 2.36. The number of nitrogens with zero attached hydrogens (tertiary/aromatic N) is 1. The Labute approximate surface area is 158 Å². The lowest BCUT2D eigenvalue weighted by molar-refractivity contribution is 0.0582. The number of rotatable bonds is 17. The van der Waals surface area contributed by atoms with Crippen molar-refractivity contribution in [2.45, 2.75) is 109 Å². The minimum Gasteiger partial charge on any atom is -0.377 e. The minimum absolute atomic E-state index is 0.501. The predicted molar refractivity (Wildman–Crippen MR) is 111 cm³/mol. The normalized spacial score (nSPS) is 18.6. The number of ether oxygens (including phenoxy) is 1.